The van der Waals surface area contributed by atoms with E-state index < -0.39 is 0 Å². The Labute approximate surface area is 475 Å². The molecule has 6 aliphatic heterocycles. The first-order chi connectivity index (χ1) is 33.6. The number of rotatable bonds is 24. The Kier molecular flexibility index (Phi) is 22.8. The molecule has 0 saturated heterocycles. The van der Waals surface area contributed by atoms with E-state index in [4.69, 9.17) is 0 Å². The lowest BCUT2D eigenvalue weighted by molar-refractivity contribution is 0.707. The lowest BCUT2D eigenvalue weighted by Crippen LogP contribution is -2.16. The second-order valence-electron chi connectivity index (χ2n) is 16.7. The molecule has 0 N–H and O–H groups in total. The summed E-state index contributed by atoms with van der Waals surface area (Å²) in [5.41, 5.74) is 0. The van der Waals surface area contributed by atoms with Crippen molar-refractivity contribution < 1.29 is 0 Å². The quantitative estimate of drug-likeness (QED) is 0.0617. The van der Waals surface area contributed by atoms with E-state index in [0.717, 1.165) is 0 Å². The summed E-state index contributed by atoms with van der Waals surface area (Å²) < 4.78 is 21.1. The Morgan fingerprint density at radius 2 is 0.485 bits per heavy atom. The molecule has 3 aromatic rings. The first-order valence-electron chi connectivity index (χ1n) is 24.4. The minimum absolute atomic E-state index is 1.24. The van der Waals surface area contributed by atoms with E-state index in [1.165, 1.54) is 200 Å². The van der Waals surface area contributed by atoms with Gasteiger partial charge in [0.15, 0.2) is 0 Å². The zero-order chi connectivity index (χ0) is 46.7. The van der Waals surface area contributed by atoms with E-state index in [2.05, 4.69) is 170 Å². The van der Waals surface area contributed by atoms with Gasteiger partial charge in [-0.05, 0) is 70.2 Å². The molecule has 0 unspecified atom stereocenters. The molecule has 0 aliphatic carbocycles. The molecule has 0 fully saturated rings. The van der Waals surface area contributed by atoms with E-state index >= 15 is 0 Å². The third-order valence-corrected chi connectivity index (χ3v) is 35.2. The molecule has 16 heteroatoms. The molecule has 6 heterocycles. The fourth-order valence-electron chi connectivity index (χ4n) is 7.95. The molecule has 0 amide bonds. The lowest BCUT2D eigenvalue weighted by atomic mass is 9.99. The van der Waals surface area contributed by atoms with Crippen LogP contribution < -0.4 is 10.4 Å². The molecule has 364 valence electrons. The summed E-state index contributed by atoms with van der Waals surface area (Å²) in [6, 6.07) is 18.6. The normalized spacial score (nSPS) is 18.6. The number of hydrogen-bond donors (Lipinski definition) is 0. The molecular formula is C52H60S16. The number of benzene rings is 3. The highest BCUT2D eigenvalue weighted by Crippen LogP contribution is 2.73. The van der Waals surface area contributed by atoms with Gasteiger partial charge < -0.3 is 0 Å². The van der Waals surface area contributed by atoms with E-state index in [0.29, 0.717) is 0 Å². The number of unbranched alkanes of at least 4 members (excludes halogenated alkanes) is 12. The van der Waals surface area contributed by atoms with Crippen molar-refractivity contribution in [2.45, 2.75) is 130 Å². The highest BCUT2D eigenvalue weighted by molar-refractivity contribution is 8.53. The Hall–Kier alpha value is 1.96. The van der Waals surface area contributed by atoms with E-state index in [-0.39, 0.29) is 0 Å². The van der Waals surface area contributed by atoms with E-state index in [1.54, 1.807) is 16.9 Å². The zero-order valence-electron chi connectivity index (χ0n) is 39.3. The summed E-state index contributed by atoms with van der Waals surface area (Å²) in [6.45, 7) is 9.25. The Balaban J connectivity index is 0.918. The lowest BCUT2D eigenvalue weighted by Gasteiger charge is -2.12. The van der Waals surface area contributed by atoms with Crippen LogP contribution in [0.3, 0.4) is 0 Å². The molecule has 0 radical (unpaired) electrons. The highest BCUT2D eigenvalue weighted by Gasteiger charge is 2.37. The zero-order valence-corrected chi connectivity index (χ0v) is 52.4. The fraction of sp³-hybridized carbons (Fsp3) is 0.462. The van der Waals surface area contributed by atoms with Crippen LogP contribution in [0.15, 0.2) is 99.4 Å². The number of thioether (sulfide) groups is 16. The predicted molar refractivity (Wildman–Crippen MR) is 347 cm³/mol. The maximum atomic E-state index is 2.39. The van der Waals surface area contributed by atoms with Gasteiger partial charge in [-0.2, -0.15) is 0 Å². The summed E-state index contributed by atoms with van der Waals surface area (Å²) in [6.07, 6.45) is 21.4. The van der Waals surface area contributed by atoms with Crippen molar-refractivity contribution >= 4 is 218 Å². The van der Waals surface area contributed by atoms with Crippen LogP contribution in [-0.2, 0) is 0 Å². The topological polar surface area (TPSA) is 0 Å². The van der Waals surface area contributed by atoms with Crippen molar-refractivity contribution in [1.82, 2.24) is 0 Å². The van der Waals surface area contributed by atoms with E-state index in [9.17, 15) is 0 Å². The van der Waals surface area contributed by atoms with Crippen LogP contribution in [0.2, 0.25) is 0 Å². The molecular weight excluding hydrogens is 1140 g/mol. The van der Waals surface area contributed by atoms with Crippen LogP contribution in [0.25, 0.3) is 30.0 Å². The standard InChI is InChI=1S/C52H60S16/c1-5-9-13-21-29-53-41-42(54-30-22-14-10-6-2)62-49(61-41)51-65-45-46(66-51)58-39(57-45)37-33-25-17-19-27-35(33)38(36-28-20-18-26-34(36)37)40-59-47-48(60-40)68-52(67-47)50-63-43(55-31-23-15-11-7-3)44(64-50)56-32-24-16-12-8-4/h17-20,25-28H,5-16,21-24,29-32H2,1-4H3. The average Bonchev–Trinajstić information content (AvgIpc) is 4.22. The smallest absolute Gasteiger partial charge is 0.0718 e. The Morgan fingerprint density at radius 1 is 0.265 bits per heavy atom. The van der Waals surface area contributed by atoms with Gasteiger partial charge in [-0.25, -0.2) is 0 Å². The molecule has 0 spiro atoms. The molecule has 68 heavy (non-hydrogen) atoms. The molecule has 0 nitrogen and oxygen atoms in total. The first-order valence-corrected chi connectivity index (χ1v) is 38.1. The van der Waals surface area contributed by atoms with Gasteiger partial charge in [0.1, 0.15) is 0 Å². The molecule has 0 atom stereocenters. The molecule has 0 bridgehead atoms. The van der Waals surface area contributed by atoms with Crippen molar-refractivity contribution in [2.75, 3.05) is 23.0 Å². The third-order valence-electron chi connectivity index (χ3n) is 11.5. The first kappa shape index (κ1) is 54.7. The van der Waals surface area contributed by atoms with Crippen molar-refractivity contribution in [3.63, 3.8) is 0 Å². The van der Waals surface area contributed by atoms with Crippen LogP contribution in [0.4, 0.5) is 0 Å². The third kappa shape index (κ3) is 13.9. The average molecular weight is 1200 g/mol. The maximum Gasteiger partial charge on any atom is 0.0718 e. The van der Waals surface area contributed by atoms with Gasteiger partial charge in [0.2, 0.25) is 0 Å². The van der Waals surface area contributed by atoms with Gasteiger partial charge in [0.25, 0.3) is 0 Å². The van der Waals surface area contributed by atoms with Crippen LogP contribution in [0.5, 0.6) is 0 Å². The molecule has 3 aromatic carbocycles. The van der Waals surface area contributed by atoms with Crippen molar-refractivity contribution in [3.05, 3.63) is 110 Å². The largest absolute Gasteiger partial charge is 0.117 e. The SMILES string of the molecule is CCCCCCSC1=C(SCCCCCC)SC(=C2SC3=C(S2)SC(=c2c4ccccc4c(=C4SC5=C(SC(=C6SC(SCCCCCC)=C(SCCCCCC)S6)S5)S4)c4ccccc24)S3)S1. The van der Waals surface area contributed by atoms with Gasteiger partial charge in [-0.1, -0.05) is 294 Å². The van der Waals surface area contributed by atoms with Crippen molar-refractivity contribution in [3.8, 4) is 0 Å². The minimum atomic E-state index is 1.24. The Bertz CT molecular complexity index is 2310. The minimum Gasteiger partial charge on any atom is -0.117 e. The number of fused-ring (bicyclic) bond motifs is 2. The maximum absolute atomic E-state index is 2.39. The predicted octanol–water partition coefficient (Wildman–Crippen LogP) is 23.0. The van der Waals surface area contributed by atoms with E-state index in [1.807, 2.05) is 94.1 Å². The fourth-order valence-corrected chi connectivity index (χ4v) is 33.5. The van der Waals surface area contributed by atoms with Crippen LogP contribution in [-0.4, -0.2) is 23.0 Å². The highest BCUT2D eigenvalue weighted by atomic mass is 32.3. The second kappa shape index (κ2) is 28.4. The molecule has 6 aliphatic rings. The van der Waals surface area contributed by atoms with Gasteiger partial charge in [-0.3, -0.25) is 0 Å². The Morgan fingerprint density at radius 3 is 0.721 bits per heavy atom. The molecule has 9 rings (SSSR count). The summed E-state index contributed by atoms with van der Waals surface area (Å²) in [7, 11) is 0. The molecule has 0 aromatic heterocycles. The van der Waals surface area contributed by atoms with Gasteiger partial charge in [0.05, 0.1) is 59.3 Å². The number of hydrogen-bond acceptors (Lipinski definition) is 16. The van der Waals surface area contributed by atoms with Crippen LogP contribution in [0.1, 0.15) is 130 Å². The van der Waals surface area contributed by atoms with Gasteiger partial charge in [-0.15, -0.1) is 47.0 Å². The summed E-state index contributed by atoms with van der Waals surface area (Å²) in [4.78, 5) is 0. The van der Waals surface area contributed by atoms with Crippen molar-refractivity contribution in [1.29, 1.82) is 0 Å². The molecule has 0 saturated carbocycles. The van der Waals surface area contributed by atoms with Crippen LogP contribution in [0, 0.1) is 0 Å². The van der Waals surface area contributed by atoms with Gasteiger partial charge >= 0.3 is 0 Å². The van der Waals surface area contributed by atoms with Gasteiger partial charge in [0, 0.05) is 10.4 Å². The second-order valence-corrected chi connectivity index (χ2v) is 37.0. The summed E-state index contributed by atoms with van der Waals surface area (Å²) in [5, 5.41) is 8.36. The van der Waals surface area contributed by atoms with Crippen molar-refractivity contribution in [2.24, 2.45) is 0 Å². The monoisotopic (exact) mass is 1200 g/mol. The summed E-state index contributed by atoms with van der Waals surface area (Å²) >= 11 is 33.1. The van der Waals surface area contributed by atoms with Crippen LogP contribution >= 0.6 is 188 Å². The summed E-state index contributed by atoms with van der Waals surface area (Å²) in [5.74, 6) is 4.97.